The first-order chi connectivity index (χ1) is 12.0. The van der Waals surface area contributed by atoms with Gasteiger partial charge in [0.15, 0.2) is 23.0 Å². The predicted molar refractivity (Wildman–Crippen MR) is 104 cm³/mol. The molecule has 136 valence electrons. The van der Waals surface area contributed by atoms with Gasteiger partial charge in [-0.05, 0) is 60.4 Å². The lowest BCUT2D eigenvalue weighted by Gasteiger charge is -2.14. The van der Waals surface area contributed by atoms with Crippen LogP contribution in [0.3, 0.4) is 0 Å². The largest absolute Gasteiger partial charge is 0.493 e. The van der Waals surface area contributed by atoms with E-state index in [1.807, 2.05) is 23.9 Å². The van der Waals surface area contributed by atoms with Crippen LogP contribution in [0.25, 0.3) is 0 Å². The lowest BCUT2D eigenvalue weighted by molar-refractivity contribution is 0.354. The summed E-state index contributed by atoms with van der Waals surface area (Å²) in [6.45, 7) is 4.19. The van der Waals surface area contributed by atoms with Crippen LogP contribution in [0.15, 0.2) is 24.3 Å². The molecular formula is C20H26O4S. The maximum absolute atomic E-state index is 5.41. The van der Waals surface area contributed by atoms with Crippen molar-refractivity contribution in [2.24, 2.45) is 0 Å². The van der Waals surface area contributed by atoms with Crippen LogP contribution >= 0.6 is 11.8 Å². The van der Waals surface area contributed by atoms with Gasteiger partial charge in [0.05, 0.1) is 28.4 Å². The Bertz CT molecular complexity index is 667. The third-order valence-electron chi connectivity index (χ3n) is 4.20. The van der Waals surface area contributed by atoms with E-state index in [0.29, 0.717) is 0 Å². The fourth-order valence-corrected chi connectivity index (χ4v) is 3.79. The number of ether oxygens (including phenoxy) is 4. The highest BCUT2D eigenvalue weighted by Crippen LogP contribution is 2.34. The zero-order chi connectivity index (χ0) is 18.4. The Hall–Kier alpha value is -2.01. The Morgan fingerprint density at radius 2 is 0.920 bits per heavy atom. The summed E-state index contributed by atoms with van der Waals surface area (Å²) < 4.78 is 21.5. The Balaban J connectivity index is 2.11. The van der Waals surface area contributed by atoms with Crippen LogP contribution in [0.5, 0.6) is 23.0 Å². The molecule has 2 aromatic carbocycles. The van der Waals surface area contributed by atoms with Gasteiger partial charge in [-0.3, -0.25) is 0 Å². The number of thioether (sulfide) groups is 1. The molecule has 0 spiro atoms. The summed E-state index contributed by atoms with van der Waals surface area (Å²) in [6.07, 6.45) is 0. The Labute approximate surface area is 154 Å². The Kier molecular flexibility index (Phi) is 6.88. The molecule has 0 aliphatic carbocycles. The van der Waals surface area contributed by atoms with E-state index in [9.17, 15) is 0 Å². The molecule has 0 bridgehead atoms. The summed E-state index contributed by atoms with van der Waals surface area (Å²) in [5.41, 5.74) is 4.91. The second-order valence-corrected chi connectivity index (χ2v) is 6.75. The number of hydrogen-bond donors (Lipinski definition) is 0. The molecule has 0 aliphatic heterocycles. The SMILES string of the molecule is COc1cc(C)c(CSCc2cc(OC)c(OC)cc2C)cc1OC. The van der Waals surface area contributed by atoms with Crippen molar-refractivity contribution >= 4 is 11.8 Å². The van der Waals surface area contributed by atoms with Gasteiger partial charge in [0, 0.05) is 11.5 Å². The van der Waals surface area contributed by atoms with E-state index in [2.05, 4.69) is 26.0 Å². The first-order valence-corrected chi connectivity index (χ1v) is 9.20. The van der Waals surface area contributed by atoms with Crippen LogP contribution in [0.1, 0.15) is 22.3 Å². The highest BCUT2D eigenvalue weighted by atomic mass is 32.2. The second-order valence-electron chi connectivity index (χ2n) is 5.76. The van der Waals surface area contributed by atoms with Crippen LogP contribution in [-0.2, 0) is 11.5 Å². The van der Waals surface area contributed by atoms with Gasteiger partial charge in [-0.2, -0.15) is 11.8 Å². The maximum Gasteiger partial charge on any atom is 0.161 e. The van der Waals surface area contributed by atoms with Crippen molar-refractivity contribution in [2.45, 2.75) is 25.4 Å². The van der Waals surface area contributed by atoms with E-state index in [1.54, 1.807) is 28.4 Å². The van der Waals surface area contributed by atoms with Crippen molar-refractivity contribution < 1.29 is 18.9 Å². The predicted octanol–water partition coefficient (Wildman–Crippen LogP) is 4.77. The second kappa shape index (κ2) is 8.90. The molecule has 0 heterocycles. The van der Waals surface area contributed by atoms with Crippen molar-refractivity contribution in [3.05, 3.63) is 46.5 Å². The average Bonchev–Trinajstić information content (AvgIpc) is 2.63. The van der Waals surface area contributed by atoms with Crippen molar-refractivity contribution in [2.75, 3.05) is 28.4 Å². The quantitative estimate of drug-likeness (QED) is 0.676. The molecule has 0 fully saturated rings. The Morgan fingerprint density at radius 3 is 1.24 bits per heavy atom. The smallest absolute Gasteiger partial charge is 0.161 e. The summed E-state index contributed by atoms with van der Waals surface area (Å²) in [5, 5.41) is 0. The molecule has 0 aliphatic rings. The van der Waals surface area contributed by atoms with Gasteiger partial charge in [-0.25, -0.2) is 0 Å². The van der Waals surface area contributed by atoms with E-state index in [4.69, 9.17) is 18.9 Å². The molecule has 0 N–H and O–H groups in total. The number of methoxy groups -OCH3 is 4. The lowest BCUT2D eigenvalue weighted by Crippen LogP contribution is -1.97. The average molecular weight is 362 g/mol. The number of hydrogen-bond acceptors (Lipinski definition) is 5. The molecule has 0 atom stereocenters. The molecule has 0 saturated carbocycles. The number of rotatable bonds is 8. The first-order valence-electron chi connectivity index (χ1n) is 8.04. The molecule has 2 aromatic rings. The molecular weight excluding hydrogens is 336 g/mol. The van der Waals surface area contributed by atoms with E-state index in [1.165, 1.54) is 22.3 Å². The molecule has 0 radical (unpaired) electrons. The van der Waals surface area contributed by atoms with Gasteiger partial charge in [-0.15, -0.1) is 0 Å². The molecule has 2 rings (SSSR count). The molecule has 0 unspecified atom stereocenters. The Morgan fingerprint density at radius 1 is 0.600 bits per heavy atom. The fourth-order valence-electron chi connectivity index (χ4n) is 2.63. The summed E-state index contributed by atoms with van der Waals surface area (Å²) in [4.78, 5) is 0. The zero-order valence-corrected chi connectivity index (χ0v) is 16.6. The number of aryl methyl sites for hydroxylation is 2. The summed E-state index contributed by atoms with van der Waals surface area (Å²) in [5.74, 6) is 4.88. The molecule has 0 saturated heterocycles. The van der Waals surface area contributed by atoms with Crippen molar-refractivity contribution in [3.8, 4) is 23.0 Å². The highest BCUT2D eigenvalue weighted by molar-refractivity contribution is 7.97. The van der Waals surface area contributed by atoms with Gasteiger partial charge in [0.25, 0.3) is 0 Å². The van der Waals surface area contributed by atoms with E-state index < -0.39 is 0 Å². The zero-order valence-electron chi connectivity index (χ0n) is 15.8. The minimum absolute atomic E-state index is 0.768. The van der Waals surface area contributed by atoms with E-state index in [0.717, 1.165) is 34.5 Å². The van der Waals surface area contributed by atoms with Crippen molar-refractivity contribution in [3.63, 3.8) is 0 Å². The van der Waals surface area contributed by atoms with Crippen molar-refractivity contribution in [1.82, 2.24) is 0 Å². The normalized spacial score (nSPS) is 10.5. The third kappa shape index (κ3) is 4.54. The van der Waals surface area contributed by atoms with Crippen LogP contribution in [-0.4, -0.2) is 28.4 Å². The summed E-state index contributed by atoms with van der Waals surface area (Å²) >= 11 is 1.86. The van der Waals surface area contributed by atoms with E-state index in [-0.39, 0.29) is 0 Å². The lowest BCUT2D eigenvalue weighted by atomic mass is 10.1. The highest BCUT2D eigenvalue weighted by Gasteiger charge is 2.11. The molecule has 0 aromatic heterocycles. The molecule has 25 heavy (non-hydrogen) atoms. The molecule has 5 heteroatoms. The van der Waals surface area contributed by atoms with Gasteiger partial charge in [0.2, 0.25) is 0 Å². The van der Waals surface area contributed by atoms with Gasteiger partial charge >= 0.3 is 0 Å². The monoisotopic (exact) mass is 362 g/mol. The topological polar surface area (TPSA) is 36.9 Å². The van der Waals surface area contributed by atoms with Gasteiger partial charge in [-0.1, -0.05) is 0 Å². The number of benzene rings is 2. The maximum atomic E-state index is 5.41. The third-order valence-corrected chi connectivity index (χ3v) is 5.23. The van der Waals surface area contributed by atoms with Crippen LogP contribution in [0.2, 0.25) is 0 Å². The first kappa shape index (κ1) is 19.3. The molecule has 0 amide bonds. The van der Waals surface area contributed by atoms with E-state index >= 15 is 0 Å². The van der Waals surface area contributed by atoms with Crippen molar-refractivity contribution in [1.29, 1.82) is 0 Å². The fraction of sp³-hybridized carbons (Fsp3) is 0.400. The van der Waals surface area contributed by atoms with Gasteiger partial charge < -0.3 is 18.9 Å². The standard InChI is InChI=1S/C20H26O4S/c1-13-7-17(21-3)19(23-5)9-15(13)11-25-12-16-10-20(24-6)18(22-4)8-14(16)2/h7-10H,11-12H2,1-6H3. The van der Waals surface area contributed by atoms with Gasteiger partial charge in [0.1, 0.15) is 0 Å². The summed E-state index contributed by atoms with van der Waals surface area (Å²) in [7, 11) is 6.64. The minimum Gasteiger partial charge on any atom is -0.493 e. The van der Waals surface area contributed by atoms with Crippen LogP contribution in [0.4, 0.5) is 0 Å². The van der Waals surface area contributed by atoms with Crippen LogP contribution in [0, 0.1) is 13.8 Å². The van der Waals surface area contributed by atoms with Crippen LogP contribution < -0.4 is 18.9 Å². The summed E-state index contributed by atoms with van der Waals surface area (Å²) in [6, 6.07) is 8.16. The molecule has 4 nitrogen and oxygen atoms in total. The minimum atomic E-state index is 0.768.